The van der Waals surface area contributed by atoms with Crippen molar-refractivity contribution in [2.24, 2.45) is 11.8 Å². The number of hydrogen-bond donors (Lipinski definition) is 1. The van der Waals surface area contributed by atoms with Crippen LogP contribution >= 0.6 is 11.6 Å². The second kappa shape index (κ2) is 9.09. The lowest BCUT2D eigenvalue weighted by Crippen LogP contribution is -2.47. The van der Waals surface area contributed by atoms with Gasteiger partial charge in [0.2, 0.25) is 21.8 Å². The Hall–Kier alpha value is -2.19. The molecule has 1 aromatic carbocycles. The molecule has 0 bridgehead atoms. The van der Waals surface area contributed by atoms with Crippen LogP contribution in [0.3, 0.4) is 0 Å². The SMILES string of the molecule is N#CCNC(=O)[C@@H]1CN(S(=O)(=O)c2ccccc2Cl)C[C@H]1C(=O)N1CCOCC1. The number of hydrogen-bond acceptors (Lipinski definition) is 6. The normalized spacial score (nSPS) is 22.8. The van der Waals surface area contributed by atoms with Gasteiger partial charge < -0.3 is 15.0 Å². The van der Waals surface area contributed by atoms with Crippen molar-refractivity contribution in [3.8, 4) is 6.07 Å². The van der Waals surface area contributed by atoms with Gasteiger partial charge in [0.15, 0.2) is 0 Å². The predicted molar refractivity (Wildman–Crippen MR) is 103 cm³/mol. The van der Waals surface area contributed by atoms with Crippen LogP contribution in [0.1, 0.15) is 0 Å². The van der Waals surface area contributed by atoms with Crippen LogP contribution in [0.15, 0.2) is 29.2 Å². The van der Waals surface area contributed by atoms with Gasteiger partial charge in [0.1, 0.15) is 11.4 Å². The van der Waals surface area contributed by atoms with Gasteiger partial charge in [-0.1, -0.05) is 23.7 Å². The molecule has 2 heterocycles. The molecule has 2 aliphatic heterocycles. The van der Waals surface area contributed by atoms with E-state index in [2.05, 4.69) is 5.32 Å². The van der Waals surface area contributed by atoms with Crippen molar-refractivity contribution < 1.29 is 22.7 Å². The van der Waals surface area contributed by atoms with Crippen molar-refractivity contribution in [3.63, 3.8) is 0 Å². The summed E-state index contributed by atoms with van der Waals surface area (Å²) in [6.07, 6.45) is 0. The number of rotatable bonds is 5. The molecule has 11 heteroatoms. The molecule has 0 spiro atoms. The molecule has 2 amide bonds. The number of ether oxygens (including phenoxy) is 1. The summed E-state index contributed by atoms with van der Waals surface area (Å²) in [6.45, 7) is 1.06. The summed E-state index contributed by atoms with van der Waals surface area (Å²) in [7, 11) is -3.99. The lowest BCUT2D eigenvalue weighted by molar-refractivity contribution is -0.143. The van der Waals surface area contributed by atoms with E-state index >= 15 is 0 Å². The average Bonchev–Trinajstić information content (AvgIpc) is 3.18. The van der Waals surface area contributed by atoms with E-state index in [4.69, 9.17) is 21.6 Å². The first-order valence-corrected chi connectivity index (χ1v) is 10.9. The third-order valence-corrected chi connectivity index (χ3v) is 7.39. The van der Waals surface area contributed by atoms with E-state index in [0.717, 1.165) is 4.31 Å². The van der Waals surface area contributed by atoms with Gasteiger partial charge in [0, 0.05) is 26.2 Å². The monoisotopic (exact) mass is 440 g/mol. The molecule has 0 aromatic heterocycles. The Balaban J connectivity index is 1.88. The molecule has 0 aliphatic carbocycles. The first-order chi connectivity index (χ1) is 13.9. The Bertz CT molecular complexity index is 926. The molecule has 1 N–H and O–H groups in total. The van der Waals surface area contributed by atoms with Crippen molar-refractivity contribution in [2.45, 2.75) is 4.90 Å². The Morgan fingerprint density at radius 2 is 1.86 bits per heavy atom. The minimum absolute atomic E-state index is 0.0703. The van der Waals surface area contributed by atoms with E-state index in [1.54, 1.807) is 17.0 Å². The van der Waals surface area contributed by atoms with Crippen molar-refractivity contribution in [1.82, 2.24) is 14.5 Å². The summed E-state index contributed by atoms with van der Waals surface area (Å²) in [6, 6.07) is 7.85. The molecular formula is C18H21ClN4O5S. The van der Waals surface area contributed by atoms with Gasteiger partial charge in [0.25, 0.3) is 0 Å². The topological polar surface area (TPSA) is 120 Å². The molecule has 3 rings (SSSR count). The first-order valence-electron chi connectivity index (χ1n) is 9.12. The van der Waals surface area contributed by atoms with E-state index in [-0.39, 0.29) is 35.5 Å². The van der Waals surface area contributed by atoms with Crippen molar-refractivity contribution >= 4 is 33.4 Å². The molecule has 9 nitrogen and oxygen atoms in total. The minimum atomic E-state index is -3.99. The summed E-state index contributed by atoms with van der Waals surface area (Å²) in [5.74, 6) is -2.54. The Morgan fingerprint density at radius 1 is 1.21 bits per heavy atom. The lowest BCUT2D eigenvalue weighted by Gasteiger charge is -2.30. The molecule has 0 radical (unpaired) electrons. The number of morpholine rings is 1. The van der Waals surface area contributed by atoms with E-state index in [9.17, 15) is 18.0 Å². The largest absolute Gasteiger partial charge is 0.378 e. The zero-order valence-electron chi connectivity index (χ0n) is 15.6. The standard InChI is InChI=1S/C18H21ClN4O5S/c19-15-3-1-2-4-16(15)29(26,27)23-11-13(17(24)21-6-5-20)14(12-23)18(25)22-7-9-28-10-8-22/h1-4,13-14H,6-12H2,(H,21,24)/t13-,14-/m1/s1. The van der Waals surface area contributed by atoms with Crippen LogP contribution < -0.4 is 5.32 Å². The number of carbonyl (C=O) groups is 2. The van der Waals surface area contributed by atoms with Crippen LogP contribution in [0, 0.1) is 23.2 Å². The summed E-state index contributed by atoms with van der Waals surface area (Å²) < 4.78 is 32.6. The fourth-order valence-corrected chi connectivity index (χ4v) is 5.53. The Labute approximate surface area is 174 Å². The number of sulfonamides is 1. The van der Waals surface area contributed by atoms with Gasteiger partial charge in [0.05, 0.1) is 36.1 Å². The fraction of sp³-hybridized carbons (Fsp3) is 0.500. The highest BCUT2D eigenvalue weighted by atomic mass is 35.5. The van der Waals surface area contributed by atoms with Gasteiger partial charge in [-0.3, -0.25) is 9.59 Å². The number of halogens is 1. The van der Waals surface area contributed by atoms with E-state index in [0.29, 0.717) is 26.3 Å². The maximum atomic E-state index is 13.1. The molecule has 156 valence electrons. The molecule has 2 aliphatic rings. The van der Waals surface area contributed by atoms with Gasteiger partial charge >= 0.3 is 0 Å². The predicted octanol–water partition coefficient (Wildman–Crippen LogP) is 0.0753. The van der Waals surface area contributed by atoms with Gasteiger partial charge in [-0.15, -0.1) is 0 Å². The first kappa shape index (κ1) is 21.5. The number of nitrogens with one attached hydrogen (secondary N) is 1. The number of carbonyl (C=O) groups excluding carboxylic acids is 2. The summed E-state index contributed by atoms with van der Waals surface area (Å²) in [4.78, 5) is 27.1. The molecule has 2 saturated heterocycles. The van der Waals surface area contributed by atoms with Crippen molar-refractivity contribution in [1.29, 1.82) is 5.26 Å². The molecule has 29 heavy (non-hydrogen) atoms. The van der Waals surface area contributed by atoms with Crippen molar-refractivity contribution in [2.75, 3.05) is 45.9 Å². The van der Waals surface area contributed by atoms with Crippen LogP contribution in [-0.2, 0) is 24.3 Å². The molecule has 0 saturated carbocycles. The van der Waals surface area contributed by atoms with Crippen LogP contribution in [0.2, 0.25) is 5.02 Å². The van der Waals surface area contributed by atoms with Gasteiger partial charge in [-0.2, -0.15) is 9.57 Å². The highest BCUT2D eigenvalue weighted by molar-refractivity contribution is 7.89. The maximum Gasteiger partial charge on any atom is 0.244 e. The average molecular weight is 441 g/mol. The second-order valence-corrected chi connectivity index (χ2v) is 9.09. The highest BCUT2D eigenvalue weighted by Gasteiger charge is 2.47. The summed E-state index contributed by atoms with van der Waals surface area (Å²) >= 11 is 6.07. The fourth-order valence-electron chi connectivity index (χ4n) is 3.55. The van der Waals surface area contributed by atoms with Crippen LogP contribution in [0.25, 0.3) is 0 Å². The smallest absolute Gasteiger partial charge is 0.244 e. The molecule has 2 atom stereocenters. The number of nitrogens with zero attached hydrogens (tertiary/aromatic N) is 3. The van der Waals surface area contributed by atoms with E-state index in [1.807, 2.05) is 6.07 Å². The maximum absolute atomic E-state index is 13.1. The molecule has 2 fully saturated rings. The molecular weight excluding hydrogens is 420 g/mol. The number of amides is 2. The van der Waals surface area contributed by atoms with Crippen LogP contribution in [-0.4, -0.2) is 75.4 Å². The quantitative estimate of drug-likeness (QED) is 0.647. The zero-order valence-corrected chi connectivity index (χ0v) is 17.2. The minimum Gasteiger partial charge on any atom is -0.378 e. The van der Waals surface area contributed by atoms with Gasteiger partial charge in [-0.25, -0.2) is 8.42 Å². The highest BCUT2D eigenvalue weighted by Crippen LogP contribution is 2.33. The Morgan fingerprint density at radius 3 is 2.52 bits per heavy atom. The summed E-state index contributed by atoms with van der Waals surface area (Å²) in [5, 5.41) is 11.2. The molecule has 0 unspecified atom stereocenters. The van der Waals surface area contributed by atoms with Gasteiger partial charge in [-0.05, 0) is 12.1 Å². The van der Waals surface area contributed by atoms with E-state index < -0.39 is 27.8 Å². The molecule has 1 aromatic rings. The van der Waals surface area contributed by atoms with Crippen LogP contribution in [0.4, 0.5) is 0 Å². The number of benzene rings is 1. The third kappa shape index (κ3) is 4.53. The zero-order chi connectivity index (χ0) is 21.0. The summed E-state index contributed by atoms with van der Waals surface area (Å²) in [5.41, 5.74) is 0. The number of nitriles is 1. The van der Waals surface area contributed by atoms with Crippen molar-refractivity contribution in [3.05, 3.63) is 29.3 Å². The Kier molecular flexibility index (Phi) is 6.74. The second-order valence-electron chi connectivity index (χ2n) is 6.78. The third-order valence-electron chi connectivity index (χ3n) is 5.06. The lowest BCUT2D eigenvalue weighted by atomic mass is 9.93. The van der Waals surface area contributed by atoms with E-state index in [1.165, 1.54) is 12.1 Å². The van der Waals surface area contributed by atoms with Crippen LogP contribution in [0.5, 0.6) is 0 Å².